The third-order valence-corrected chi connectivity index (χ3v) is 3.40. The van der Waals surface area contributed by atoms with Crippen molar-refractivity contribution in [2.24, 2.45) is 0 Å². The van der Waals surface area contributed by atoms with Gasteiger partial charge in [0.05, 0.1) is 12.0 Å². The number of nitrogens with zero attached hydrogens (tertiary/aromatic N) is 1. The average Bonchev–Trinajstić information content (AvgIpc) is 2.52. The van der Waals surface area contributed by atoms with Crippen LogP contribution in [0, 0.1) is 6.92 Å². The van der Waals surface area contributed by atoms with E-state index in [0.717, 1.165) is 16.6 Å². The second-order valence-electron chi connectivity index (χ2n) is 4.92. The highest BCUT2D eigenvalue weighted by Crippen LogP contribution is 2.24. The van der Waals surface area contributed by atoms with Gasteiger partial charge < -0.3 is 14.6 Å². The molecule has 0 fully saturated rings. The highest BCUT2D eigenvalue weighted by atomic mass is 16.4. The Hall–Kier alpha value is -2.30. The van der Waals surface area contributed by atoms with Gasteiger partial charge in [0, 0.05) is 38.3 Å². The van der Waals surface area contributed by atoms with Crippen LogP contribution in [0.3, 0.4) is 0 Å². The molecule has 1 amide bonds. The summed E-state index contributed by atoms with van der Waals surface area (Å²) in [7, 11) is 5.39. The standard InChI is InChI=1S/C15H18N2O3.C2H6/c1-9-11-6-5-10(17(3)4)7-13(11)20-15(19)12(9)8-14(18)16-2;1-2/h5-7H,8H2,1-4H3,(H,16,18);1-2H3. The van der Waals surface area contributed by atoms with Crippen LogP contribution < -0.4 is 15.8 Å². The number of carbonyl (C=O) groups is 1. The Labute approximate surface area is 130 Å². The lowest BCUT2D eigenvalue weighted by molar-refractivity contribution is -0.120. The molecule has 0 spiro atoms. The van der Waals surface area contributed by atoms with E-state index in [1.165, 1.54) is 0 Å². The number of aryl methyl sites for hydroxylation is 1. The zero-order valence-corrected chi connectivity index (χ0v) is 14.1. The fourth-order valence-electron chi connectivity index (χ4n) is 2.11. The second-order valence-corrected chi connectivity index (χ2v) is 4.92. The van der Waals surface area contributed by atoms with Crippen molar-refractivity contribution < 1.29 is 9.21 Å². The predicted molar refractivity (Wildman–Crippen MR) is 90.7 cm³/mol. The van der Waals surface area contributed by atoms with Gasteiger partial charge in [0.25, 0.3) is 0 Å². The van der Waals surface area contributed by atoms with Crippen LogP contribution in [0.1, 0.15) is 25.0 Å². The highest BCUT2D eigenvalue weighted by molar-refractivity contribution is 5.86. The number of rotatable bonds is 3. The van der Waals surface area contributed by atoms with Crippen LogP contribution in [-0.2, 0) is 11.2 Å². The van der Waals surface area contributed by atoms with Crippen molar-refractivity contribution in [2.75, 3.05) is 26.0 Å². The van der Waals surface area contributed by atoms with Crippen LogP contribution in [-0.4, -0.2) is 27.1 Å². The summed E-state index contributed by atoms with van der Waals surface area (Å²) in [6, 6.07) is 5.70. The molecule has 120 valence electrons. The third-order valence-electron chi connectivity index (χ3n) is 3.40. The van der Waals surface area contributed by atoms with Crippen molar-refractivity contribution in [1.82, 2.24) is 5.32 Å². The van der Waals surface area contributed by atoms with Crippen molar-refractivity contribution in [3.8, 4) is 0 Å². The minimum Gasteiger partial charge on any atom is -0.422 e. The van der Waals surface area contributed by atoms with Crippen LogP contribution in [0.25, 0.3) is 11.0 Å². The Kier molecular flexibility index (Phi) is 6.16. The molecule has 0 saturated carbocycles. The minimum absolute atomic E-state index is 0.0377. The molecular weight excluding hydrogens is 280 g/mol. The zero-order valence-electron chi connectivity index (χ0n) is 14.1. The van der Waals surface area contributed by atoms with Gasteiger partial charge in [-0.3, -0.25) is 4.79 Å². The Morgan fingerprint density at radius 3 is 2.45 bits per heavy atom. The molecular formula is C17H24N2O3. The summed E-state index contributed by atoms with van der Waals surface area (Å²) in [5.41, 5.74) is 2.26. The maximum Gasteiger partial charge on any atom is 0.340 e. The SMILES string of the molecule is CC.CNC(=O)Cc1c(C)c2ccc(N(C)C)cc2oc1=O. The summed E-state index contributed by atoms with van der Waals surface area (Å²) >= 11 is 0. The first kappa shape index (κ1) is 17.8. The number of hydrogen-bond acceptors (Lipinski definition) is 4. The van der Waals surface area contributed by atoms with Crippen LogP contribution in [0.15, 0.2) is 27.4 Å². The number of nitrogens with one attached hydrogen (secondary N) is 1. The number of carbonyl (C=O) groups excluding carboxylic acids is 1. The summed E-state index contributed by atoms with van der Waals surface area (Å²) in [6.07, 6.45) is 0.0377. The first-order valence-electron chi connectivity index (χ1n) is 7.38. The molecule has 5 heteroatoms. The molecule has 0 aliphatic carbocycles. The zero-order chi connectivity index (χ0) is 16.9. The Morgan fingerprint density at radius 2 is 1.91 bits per heavy atom. The molecule has 5 nitrogen and oxygen atoms in total. The van der Waals surface area contributed by atoms with E-state index in [-0.39, 0.29) is 12.3 Å². The fourth-order valence-corrected chi connectivity index (χ4v) is 2.11. The van der Waals surface area contributed by atoms with Gasteiger partial charge in [0.2, 0.25) is 5.91 Å². The predicted octanol–water partition coefficient (Wildman–Crippen LogP) is 2.48. The van der Waals surface area contributed by atoms with Crippen LogP contribution >= 0.6 is 0 Å². The second kappa shape index (κ2) is 7.64. The number of benzene rings is 1. The van der Waals surface area contributed by atoms with Crippen molar-refractivity contribution in [3.05, 3.63) is 39.7 Å². The molecule has 0 atom stereocenters. The molecule has 1 aromatic carbocycles. The molecule has 0 radical (unpaired) electrons. The molecule has 0 unspecified atom stereocenters. The van der Waals surface area contributed by atoms with Gasteiger partial charge in [-0.2, -0.15) is 0 Å². The van der Waals surface area contributed by atoms with E-state index in [1.807, 2.05) is 58.0 Å². The van der Waals surface area contributed by atoms with E-state index < -0.39 is 5.63 Å². The quantitative estimate of drug-likeness (QED) is 0.885. The molecule has 0 aliphatic heterocycles. The summed E-state index contributed by atoms with van der Waals surface area (Å²) < 4.78 is 5.35. The fraction of sp³-hybridized carbons (Fsp3) is 0.412. The number of amides is 1. The van der Waals surface area contributed by atoms with E-state index >= 15 is 0 Å². The van der Waals surface area contributed by atoms with Crippen LogP contribution in [0.5, 0.6) is 0 Å². The lowest BCUT2D eigenvalue weighted by Gasteiger charge is -2.13. The summed E-state index contributed by atoms with van der Waals surface area (Å²) in [4.78, 5) is 25.4. The smallest absolute Gasteiger partial charge is 0.340 e. The van der Waals surface area contributed by atoms with Gasteiger partial charge in [-0.1, -0.05) is 13.8 Å². The van der Waals surface area contributed by atoms with Gasteiger partial charge in [0.15, 0.2) is 0 Å². The van der Waals surface area contributed by atoms with Gasteiger partial charge in [-0.25, -0.2) is 4.79 Å². The number of likely N-dealkylation sites (N-methyl/N-ethyl adjacent to an activating group) is 1. The molecule has 0 bridgehead atoms. The van der Waals surface area contributed by atoms with Gasteiger partial charge in [-0.15, -0.1) is 0 Å². The summed E-state index contributed by atoms with van der Waals surface area (Å²) in [5, 5.41) is 3.37. The Balaban J connectivity index is 0.00000116. The lowest BCUT2D eigenvalue weighted by atomic mass is 10.0. The lowest BCUT2D eigenvalue weighted by Crippen LogP contribution is -2.24. The molecule has 0 aliphatic rings. The minimum atomic E-state index is -0.450. The van der Waals surface area contributed by atoms with E-state index in [1.54, 1.807) is 7.05 Å². The normalized spacial score (nSPS) is 9.91. The number of fused-ring (bicyclic) bond motifs is 1. The molecule has 0 saturated heterocycles. The summed E-state index contributed by atoms with van der Waals surface area (Å²) in [5.74, 6) is -0.204. The van der Waals surface area contributed by atoms with Crippen LogP contribution in [0.4, 0.5) is 5.69 Å². The monoisotopic (exact) mass is 304 g/mol. The molecule has 2 rings (SSSR count). The first-order valence-corrected chi connectivity index (χ1v) is 7.38. The van der Waals surface area contributed by atoms with E-state index in [2.05, 4.69) is 5.32 Å². The third kappa shape index (κ3) is 3.67. The van der Waals surface area contributed by atoms with E-state index in [9.17, 15) is 9.59 Å². The molecule has 1 aromatic heterocycles. The molecule has 2 aromatic rings. The van der Waals surface area contributed by atoms with Crippen molar-refractivity contribution in [1.29, 1.82) is 0 Å². The van der Waals surface area contributed by atoms with Crippen molar-refractivity contribution in [3.63, 3.8) is 0 Å². The molecule has 1 N–H and O–H groups in total. The first-order chi connectivity index (χ1) is 10.4. The number of hydrogen-bond donors (Lipinski definition) is 1. The van der Waals surface area contributed by atoms with Crippen molar-refractivity contribution in [2.45, 2.75) is 27.2 Å². The largest absolute Gasteiger partial charge is 0.422 e. The van der Waals surface area contributed by atoms with Gasteiger partial charge in [0.1, 0.15) is 5.58 Å². The average molecular weight is 304 g/mol. The van der Waals surface area contributed by atoms with E-state index in [0.29, 0.717) is 11.1 Å². The molecule has 1 heterocycles. The summed E-state index contributed by atoms with van der Waals surface area (Å²) in [6.45, 7) is 5.84. The highest BCUT2D eigenvalue weighted by Gasteiger charge is 2.14. The maximum absolute atomic E-state index is 12.0. The van der Waals surface area contributed by atoms with Gasteiger partial charge >= 0.3 is 5.63 Å². The van der Waals surface area contributed by atoms with Gasteiger partial charge in [-0.05, 0) is 24.6 Å². The topological polar surface area (TPSA) is 62.6 Å². The Morgan fingerprint density at radius 1 is 1.27 bits per heavy atom. The Bertz CT molecular complexity index is 718. The van der Waals surface area contributed by atoms with E-state index in [4.69, 9.17) is 4.42 Å². The maximum atomic E-state index is 12.0. The van der Waals surface area contributed by atoms with Crippen LogP contribution in [0.2, 0.25) is 0 Å². The number of anilines is 1. The van der Waals surface area contributed by atoms with Crippen molar-refractivity contribution >= 4 is 22.6 Å². The molecule has 22 heavy (non-hydrogen) atoms.